The number of hydrazine groups is 1. The van der Waals surface area contributed by atoms with Crippen molar-refractivity contribution in [1.82, 2.24) is 0 Å². The normalized spacial score (nSPS) is 12.2. The molecule has 0 radical (unpaired) electrons. The van der Waals surface area contributed by atoms with E-state index in [1.54, 1.807) is 6.07 Å². The van der Waals surface area contributed by atoms with Crippen molar-refractivity contribution in [3.05, 3.63) is 33.9 Å². The van der Waals surface area contributed by atoms with Gasteiger partial charge in [-0.3, -0.25) is 16.0 Å². The predicted molar refractivity (Wildman–Crippen MR) is 51.5 cm³/mol. The number of aliphatic hydroxyl groups excluding tert-OH is 1. The lowest BCUT2D eigenvalue weighted by atomic mass is 10.1. The van der Waals surface area contributed by atoms with Crippen LogP contribution in [0.5, 0.6) is 0 Å². The summed E-state index contributed by atoms with van der Waals surface area (Å²) in [6.07, 6.45) is -0.736. The maximum Gasteiger partial charge on any atom is 0.294 e. The van der Waals surface area contributed by atoms with Crippen molar-refractivity contribution in [2.45, 2.75) is 13.0 Å². The molecule has 4 N–H and O–H groups in total. The number of hydrogen-bond acceptors (Lipinski definition) is 5. The number of nitrogens with two attached hydrogens (primary N) is 1. The van der Waals surface area contributed by atoms with Gasteiger partial charge in [-0.25, -0.2) is 0 Å². The number of hydrogen-bond donors (Lipinski definition) is 3. The highest BCUT2D eigenvalue weighted by Crippen LogP contribution is 2.27. The third-order valence-corrected chi connectivity index (χ3v) is 1.86. The first-order valence-electron chi connectivity index (χ1n) is 3.99. The van der Waals surface area contributed by atoms with E-state index in [1.165, 1.54) is 19.1 Å². The Morgan fingerprint density at radius 3 is 2.71 bits per heavy atom. The second-order valence-electron chi connectivity index (χ2n) is 2.85. The zero-order valence-corrected chi connectivity index (χ0v) is 7.60. The Bertz CT molecular complexity index is 352. The summed E-state index contributed by atoms with van der Waals surface area (Å²) in [7, 11) is 0. The molecule has 1 unspecified atom stereocenters. The van der Waals surface area contributed by atoms with Gasteiger partial charge in [0.05, 0.1) is 11.0 Å². The fraction of sp³-hybridized carbons (Fsp3) is 0.250. The van der Waals surface area contributed by atoms with Crippen molar-refractivity contribution >= 4 is 11.4 Å². The van der Waals surface area contributed by atoms with Crippen LogP contribution in [0.4, 0.5) is 11.4 Å². The number of nitro benzene ring substituents is 1. The fourth-order valence-electron chi connectivity index (χ4n) is 1.08. The molecule has 0 saturated heterocycles. The van der Waals surface area contributed by atoms with Gasteiger partial charge in [0.2, 0.25) is 0 Å². The van der Waals surface area contributed by atoms with Gasteiger partial charge in [0.25, 0.3) is 5.69 Å². The molecular weight excluding hydrogens is 186 g/mol. The molecule has 1 rings (SSSR count). The first-order valence-corrected chi connectivity index (χ1v) is 3.99. The van der Waals surface area contributed by atoms with Crippen LogP contribution in [0.3, 0.4) is 0 Å². The van der Waals surface area contributed by atoms with Gasteiger partial charge in [0, 0.05) is 6.07 Å². The van der Waals surface area contributed by atoms with E-state index in [2.05, 4.69) is 5.43 Å². The maximum atomic E-state index is 10.6. The van der Waals surface area contributed by atoms with E-state index < -0.39 is 11.0 Å². The molecule has 0 aromatic heterocycles. The second kappa shape index (κ2) is 4.03. The van der Waals surface area contributed by atoms with Gasteiger partial charge in [-0.15, -0.1) is 0 Å². The molecule has 1 aromatic rings. The van der Waals surface area contributed by atoms with E-state index >= 15 is 0 Å². The Morgan fingerprint density at radius 2 is 2.29 bits per heavy atom. The number of anilines is 1. The second-order valence-corrected chi connectivity index (χ2v) is 2.85. The minimum Gasteiger partial charge on any atom is -0.389 e. The molecule has 6 heteroatoms. The van der Waals surface area contributed by atoms with Gasteiger partial charge < -0.3 is 10.5 Å². The molecular formula is C8H11N3O3. The van der Waals surface area contributed by atoms with Crippen LogP contribution in [-0.4, -0.2) is 10.0 Å². The number of rotatable bonds is 3. The summed E-state index contributed by atoms with van der Waals surface area (Å²) in [5.41, 5.74) is 2.78. The van der Waals surface area contributed by atoms with Crippen molar-refractivity contribution < 1.29 is 10.0 Å². The fourth-order valence-corrected chi connectivity index (χ4v) is 1.08. The van der Waals surface area contributed by atoms with Crippen molar-refractivity contribution in [2.24, 2.45) is 5.84 Å². The average Bonchev–Trinajstić information content (AvgIpc) is 2.16. The summed E-state index contributed by atoms with van der Waals surface area (Å²) in [6, 6.07) is 4.33. The predicted octanol–water partition coefficient (Wildman–Crippen LogP) is 0.934. The average molecular weight is 197 g/mol. The maximum absolute atomic E-state index is 10.6. The number of nitrogen functional groups attached to an aromatic ring is 1. The van der Waals surface area contributed by atoms with Gasteiger partial charge in [0.1, 0.15) is 5.69 Å². The van der Waals surface area contributed by atoms with Crippen LogP contribution < -0.4 is 11.3 Å². The Kier molecular flexibility index (Phi) is 3.00. The molecule has 76 valence electrons. The molecule has 0 saturated carbocycles. The van der Waals surface area contributed by atoms with Crippen LogP contribution in [0, 0.1) is 10.1 Å². The topological polar surface area (TPSA) is 101 Å². The quantitative estimate of drug-likeness (QED) is 0.380. The minimum absolute atomic E-state index is 0.147. The first-order chi connectivity index (χ1) is 6.56. The molecule has 0 heterocycles. The Hall–Kier alpha value is -1.66. The highest BCUT2D eigenvalue weighted by atomic mass is 16.6. The Labute approximate surface area is 80.5 Å². The number of aliphatic hydroxyl groups is 1. The molecule has 0 aliphatic carbocycles. The van der Waals surface area contributed by atoms with Crippen LogP contribution in [-0.2, 0) is 0 Å². The molecule has 1 aromatic carbocycles. The number of nitro groups is 1. The lowest BCUT2D eigenvalue weighted by molar-refractivity contribution is -0.384. The third-order valence-electron chi connectivity index (χ3n) is 1.86. The lowest BCUT2D eigenvalue weighted by Gasteiger charge is -2.06. The van der Waals surface area contributed by atoms with Gasteiger partial charge in [0.15, 0.2) is 0 Å². The van der Waals surface area contributed by atoms with E-state index in [-0.39, 0.29) is 11.4 Å². The van der Waals surface area contributed by atoms with E-state index in [1.807, 2.05) is 0 Å². The van der Waals surface area contributed by atoms with E-state index in [0.29, 0.717) is 5.56 Å². The molecule has 14 heavy (non-hydrogen) atoms. The molecule has 6 nitrogen and oxygen atoms in total. The van der Waals surface area contributed by atoms with E-state index in [4.69, 9.17) is 5.84 Å². The van der Waals surface area contributed by atoms with Crippen LogP contribution >= 0.6 is 0 Å². The molecule has 1 atom stereocenters. The lowest BCUT2D eigenvalue weighted by Crippen LogP contribution is -2.09. The summed E-state index contributed by atoms with van der Waals surface area (Å²) in [5, 5.41) is 19.8. The number of nitrogens with one attached hydrogen (secondary N) is 1. The van der Waals surface area contributed by atoms with Gasteiger partial charge in [-0.1, -0.05) is 6.07 Å². The van der Waals surface area contributed by atoms with Crippen LogP contribution in [0.1, 0.15) is 18.6 Å². The number of benzene rings is 1. The summed E-state index contributed by atoms with van der Waals surface area (Å²) < 4.78 is 0. The highest BCUT2D eigenvalue weighted by molar-refractivity contribution is 5.62. The minimum atomic E-state index is -0.736. The smallest absolute Gasteiger partial charge is 0.294 e. The van der Waals surface area contributed by atoms with Crippen LogP contribution in [0.25, 0.3) is 0 Å². The number of nitrogens with zero attached hydrogens (tertiary/aromatic N) is 1. The van der Waals surface area contributed by atoms with Crippen LogP contribution in [0.15, 0.2) is 18.2 Å². The van der Waals surface area contributed by atoms with Crippen molar-refractivity contribution in [3.63, 3.8) is 0 Å². The first kappa shape index (κ1) is 10.4. The van der Waals surface area contributed by atoms with Gasteiger partial charge in [-0.2, -0.15) is 0 Å². The van der Waals surface area contributed by atoms with Crippen molar-refractivity contribution in [1.29, 1.82) is 0 Å². The summed E-state index contributed by atoms with van der Waals surface area (Å²) >= 11 is 0. The Balaban J connectivity index is 3.21. The molecule has 0 spiro atoms. The molecule has 0 bridgehead atoms. The van der Waals surface area contributed by atoms with Crippen molar-refractivity contribution in [3.8, 4) is 0 Å². The zero-order chi connectivity index (χ0) is 10.7. The Morgan fingerprint density at radius 1 is 1.64 bits per heavy atom. The highest BCUT2D eigenvalue weighted by Gasteiger charge is 2.15. The molecule has 0 aliphatic rings. The van der Waals surface area contributed by atoms with Gasteiger partial charge >= 0.3 is 0 Å². The summed E-state index contributed by atoms with van der Waals surface area (Å²) in [6.45, 7) is 1.54. The standard InChI is InChI=1S/C8H11N3O3/c1-5(12)6-2-3-7(10-9)8(4-6)11(13)14/h2-5,10,12H,9H2,1H3. The van der Waals surface area contributed by atoms with Crippen molar-refractivity contribution in [2.75, 3.05) is 5.43 Å². The SMILES string of the molecule is CC(O)c1ccc(NN)c([N+](=O)[O-])c1. The van der Waals surface area contributed by atoms with E-state index in [0.717, 1.165) is 0 Å². The third kappa shape index (κ3) is 1.98. The monoisotopic (exact) mass is 197 g/mol. The van der Waals surface area contributed by atoms with Crippen LogP contribution in [0.2, 0.25) is 0 Å². The molecule has 0 amide bonds. The van der Waals surface area contributed by atoms with E-state index in [9.17, 15) is 15.2 Å². The molecule has 0 aliphatic heterocycles. The zero-order valence-electron chi connectivity index (χ0n) is 7.60. The summed E-state index contributed by atoms with van der Waals surface area (Å²) in [5.74, 6) is 5.10. The largest absolute Gasteiger partial charge is 0.389 e. The molecule has 0 fully saturated rings. The van der Waals surface area contributed by atoms with Gasteiger partial charge in [-0.05, 0) is 18.6 Å². The summed E-state index contributed by atoms with van der Waals surface area (Å²) in [4.78, 5) is 10.0.